The molecule has 0 aliphatic heterocycles. The van der Waals surface area contributed by atoms with Gasteiger partial charge in [-0.2, -0.15) is 0 Å². The summed E-state index contributed by atoms with van der Waals surface area (Å²) in [6.45, 7) is 2.54. The summed E-state index contributed by atoms with van der Waals surface area (Å²) in [6.07, 6.45) is 3.33. The number of aromatic nitrogens is 1. The van der Waals surface area contributed by atoms with Gasteiger partial charge in [-0.25, -0.2) is 4.98 Å². The minimum atomic E-state index is -0.169. The molecule has 94 valence electrons. The molecule has 0 saturated carbocycles. The number of carbonyl (C=O) groups is 1. The van der Waals surface area contributed by atoms with Crippen LogP contribution in [0.15, 0.2) is 18.3 Å². The van der Waals surface area contributed by atoms with Gasteiger partial charge in [-0.3, -0.25) is 4.79 Å². The number of methoxy groups -OCH3 is 1. The Balaban J connectivity index is 2.47. The summed E-state index contributed by atoms with van der Waals surface area (Å²) in [7, 11) is 1.49. The minimum Gasteiger partial charge on any atom is -0.480 e. The Bertz CT molecular complexity index is 369. The van der Waals surface area contributed by atoms with Crippen molar-refractivity contribution in [3.8, 4) is 5.88 Å². The molecule has 1 aromatic rings. The molecule has 0 spiro atoms. The quantitative estimate of drug-likeness (QED) is 0.627. The zero-order valence-electron chi connectivity index (χ0n) is 10.1. The number of nitrogens with one attached hydrogen (secondary N) is 1. The number of alkyl halides is 1. The third-order valence-corrected chi connectivity index (χ3v) is 2.49. The molecule has 5 heteroatoms. The van der Waals surface area contributed by atoms with Crippen LogP contribution >= 0.6 is 11.6 Å². The van der Waals surface area contributed by atoms with Crippen molar-refractivity contribution in [2.45, 2.75) is 25.1 Å². The van der Waals surface area contributed by atoms with Crippen molar-refractivity contribution < 1.29 is 9.53 Å². The first-order valence-electron chi connectivity index (χ1n) is 5.56. The predicted molar refractivity (Wildman–Crippen MR) is 67.7 cm³/mol. The van der Waals surface area contributed by atoms with E-state index in [0.717, 1.165) is 12.8 Å². The van der Waals surface area contributed by atoms with Crippen LogP contribution in [0, 0.1) is 0 Å². The van der Waals surface area contributed by atoms with E-state index in [0.29, 0.717) is 18.0 Å². The molecule has 1 unspecified atom stereocenters. The van der Waals surface area contributed by atoms with Gasteiger partial charge in [-0.1, -0.05) is 0 Å². The molecule has 0 bridgehead atoms. The van der Waals surface area contributed by atoms with Gasteiger partial charge in [0.05, 0.1) is 7.11 Å². The van der Waals surface area contributed by atoms with E-state index in [9.17, 15) is 4.79 Å². The highest BCUT2D eigenvalue weighted by atomic mass is 35.5. The molecule has 0 saturated heterocycles. The maximum atomic E-state index is 11.8. The van der Waals surface area contributed by atoms with E-state index in [1.807, 2.05) is 6.92 Å². The average molecular weight is 257 g/mol. The fraction of sp³-hybridized carbons (Fsp3) is 0.500. The zero-order chi connectivity index (χ0) is 12.7. The summed E-state index contributed by atoms with van der Waals surface area (Å²) < 4.78 is 5.02. The van der Waals surface area contributed by atoms with Crippen molar-refractivity contribution in [2.75, 3.05) is 13.7 Å². The zero-order valence-corrected chi connectivity index (χ0v) is 10.8. The Morgan fingerprint density at radius 2 is 2.41 bits per heavy atom. The second kappa shape index (κ2) is 7.12. The second-order valence-corrected chi connectivity index (χ2v) is 4.48. The standard InChI is InChI=1S/C12H17ClN2O2/c1-9(13)5-3-7-14-11(16)10-6-4-8-15-12(10)17-2/h4,6,8-9H,3,5,7H2,1-2H3,(H,14,16). The fourth-order valence-corrected chi connectivity index (χ4v) is 1.56. The van der Waals surface area contributed by atoms with Crippen LogP contribution in [0.5, 0.6) is 5.88 Å². The fourth-order valence-electron chi connectivity index (χ4n) is 1.41. The van der Waals surface area contributed by atoms with Gasteiger partial charge in [0.1, 0.15) is 5.56 Å². The van der Waals surface area contributed by atoms with E-state index in [4.69, 9.17) is 16.3 Å². The lowest BCUT2D eigenvalue weighted by molar-refractivity contribution is 0.0949. The molecule has 1 rings (SSSR count). The Labute approximate surface area is 106 Å². The molecule has 4 nitrogen and oxygen atoms in total. The van der Waals surface area contributed by atoms with E-state index in [2.05, 4.69) is 10.3 Å². The number of pyridine rings is 1. The van der Waals surface area contributed by atoms with Gasteiger partial charge < -0.3 is 10.1 Å². The van der Waals surface area contributed by atoms with E-state index in [1.54, 1.807) is 18.3 Å². The molecule has 1 aromatic heterocycles. The van der Waals surface area contributed by atoms with Crippen molar-refractivity contribution in [1.82, 2.24) is 10.3 Å². The molecule has 0 radical (unpaired) electrons. The van der Waals surface area contributed by atoms with Gasteiger partial charge in [-0.15, -0.1) is 11.6 Å². The maximum absolute atomic E-state index is 11.8. The molecule has 1 N–H and O–H groups in total. The van der Waals surface area contributed by atoms with Gasteiger partial charge >= 0.3 is 0 Å². The van der Waals surface area contributed by atoms with Crippen molar-refractivity contribution in [3.63, 3.8) is 0 Å². The van der Waals surface area contributed by atoms with E-state index >= 15 is 0 Å². The van der Waals surface area contributed by atoms with Crippen molar-refractivity contribution in [3.05, 3.63) is 23.9 Å². The van der Waals surface area contributed by atoms with Gasteiger partial charge in [0, 0.05) is 18.1 Å². The number of carbonyl (C=O) groups excluding carboxylic acids is 1. The first-order valence-corrected chi connectivity index (χ1v) is 6.00. The van der Waals surface area contributed by atoms with Crippen molar-refractivity contribution >= 4 is 17.5 Å². The van der Waals surface area contributed by atoms with Gasteiger partial charge in [0.25, 0.3) is 5.91 Å². The first kappa shape index (κ1) is 13.8. The van der Waals surface area contributed by atoms with Crippen molar-refractivity contribution in [2.24, 2.45) is 0 Å². The molecule has 1 amide bonds. The van der Waals surface area contributed by atoms with Crippen LogP contribution in [-0.4, -0.2) is 29.9 Å². The highest BCUT2D eigenvalue weighted by Gasteiger charge is 2.11. The molecular formula is C12H17ClN2O2. The van der Waals surface area contributed by atoms with Gasteiger partial charge in [-0.05, 0) is 31.9 Å². The van der Waals surface area contributed by atoms with Crippen LogP contribution in [0.1, 0.15) is 30.1 Å². The highest BCUT2D eigenvalue weighted by molar-refractivity contribution is 6.20. The lowest BCUT2D eigenvalue weighted by atomic mass is 10.2. The molecule has 1 atom stereocenters. The summed E-state index contributed by atoms with van der Waals surface area (Å²) in [5.41, 5.74) is 0.453. The Morgan fingerprint density at radius 3 is 3.06 bits per heavy atom. The topological polar surface area (TPSA) is 51.2 Å². The summed E-state index contributed by atoms with van der Waals surface area (Å²) in [5.74, 6) is 0.174. The largest absolute Gasteiger partial charge is 0.480 e. The average Bonchev–Trinajstić information content (AvgIpc) is 2.34. The molecule has 0 aliphatic carbocycles. The minimum absolute atomic E-state index is 0.139. The maximum Gasteiger partial charge on any atom is 0.256 e. The third-order valence-electron chi connectivity index (χ3n) is 2.27. The van der Waals surface area contributed by atoms with Crippen LogP contribution < -0.4 is 10.1 Å². The van der Waals surface area contributed by atoms with Gasteiger partial charge in [0.2, 0.25) is 5.88 Å². The molecular weight excluding hydrogens is 240 g/mol. The molecule has 1 heterocycles. The first-order chi connectivity index (χ1) is 8.15. The van der Waals surface area contributed by atoms with E-state index in [-0.39, 0.29) is 11.3 Å². The van der Waals surface area contributed by atoms with Crippen LogP contribution in [0.4, 0.5) is 0 Å². The number of ether oxygens (including phenoxy) is 1. The lowest BCUT2D eigenvalue weighted by Crippen LogP contribution is -2.25. The Kier molecular flexibility index (Phi) is 5.77. The van der Waals surface area contributed by atoms with E-state index < -0.39 is 0 Å². The number of amides is 1. The number of nitrogens with zero attached hydrogens (tertiary/aromatic N) is 1. The summed E-state index contributed by atoms with van der Waals surface area (Å²) in [4.78, 5) is 15.8. The summed E-state index contributed by atoms with van der Waals surface area (Å²) in [6, 6.07) is 3.39. The highest BCUT2D eigenvalue weighted by Crippen LogP contribution is 2.13. The third kappa shape index (κ3) is 4.61. The molecule has 0 aliphatic rings. The molecule has 0 aromatic carbocycles. The molecule has 0 fully saturated rings. The normalized spacial score (nSPS) is 11.9. The van der Waals surface area contributed by atoms with Crippen molar-refractivity contribution in [1.29, 1.82) is 0 Å². The van der Waals surface area contributed by atoms with Crippen LogP contribution in [0.25, 0.3) is 0 Å². The number of halogens is 1. The Morgan fingerprint density at radius 1 is 1.65 bits per heavy atom. The monoisotopic (exact) mass is 256 g/mol. The summed E-state index contributed by atoms with van der Waals surface area (Å²) >= 11 is 5.82. The Hall–Kier alpha value is -1.29. The van der Waals surface area contributed by atoms with Crippen LogP contribution in [-0.2, 0) is 0 Å². The number of hydrogen-bond acceptors (Lipinski definition) is 3. The van der Waals surface area contributed by atoms with E-state index in [1.165, 1.54) is 7.11 Å². The predicted octanol–water partition coefficient (Wildman–Crippen LogP) is 2.23. The smallest absolute Gasteiger partial charge is 0.256 e. The second-order valence-electron chi connectivity index (χ2n) is 3.74. The van der Waals surface area contributed by atoms with Gasteiger partial charge in [0.15, 0.2) is 0 Å². The van der Waals surface area contributed by atoms with Crippen LogP contribution in [0.2, 0.25) is 0 Å². The SMILES string of the molecule is COc1ncccc1C(=O)NCCCC(C)Cl. The number of hydrogen-bond donors (Lipinski definition) is 1. The van der Waals surface area contributed by atoms with Crippen LogP contribution in [0.3, 0.4) is 0 Å². The number of rotatable bonds is 6. The summed E-state index contributed by atoms with van der Waals surface area (Å²) in [5, 5.41) is 2.95. The molecule has 17 heavy (non-hydrogen) atoms. The lowest BCUT2D eigenvalue weighted by Gasteiger charge is -2.08.